The van der Waals surface area contributed by atoms with Gasteiger partial charge in [-0.05, 0) is 23.8 Å². The molecular formula is C27H21FN4O5. The SMILES string of the molecule is COC(=O)C1=C(C(=O)OC)N(c2ccc(-n3ccccc3=O)cc2F)C(N)=C(C#N)C1c1ccccc1. The third-order valence-corrected chi connectivity index (χ3v) is 5.88. The summed E-state index contributed by atoms with van der Waals surface area (Å²) < 4.78 is 26.8. The van der Waals surface area contributed by atoms with Crippen LogP contribution in [0.25, 0.3) is 5.69 Å². The minimum absolute atomic E-state index is 0.0954. The number of allylic oxidation sites excluding steroid dienone is 1. The van der Waals surface area contributed by atoms with Crippen LogP contribution in [-0.4, -0.2) is 30.7 Å². The first-order valence-corrected chi connectivity index (χ1v) is 11.0. The Kier molecular flexibility index (Phi) is 6.88. The van der Waals surface area contributed by atoms with Crippen molar-refractivity contribution >= 4 is 17.6 Å². The van der Waals surface area contributed by atoms with E-state index in [-0.39, 0.29) is 33.9 Å². The van der Waals surface area contributed by atoms with Gasteiger partial charge in [-0.25, -0.2) is 14.0 Å². The Bertz CT molecular complexity index is 1550. The van der Waals surface area contributed by atoms with Crippen molar-refractivity contribution in [3.63, 3.8) is 0 Å². The first-order chi connectivity index (χ1) is 17.8. The quantitative estimate of drug-likeness (QED) is 0.530. The lowest BCUT2D eigenvalue weighted by Gasteiger charge is -2.36. The molecule has 10 heteroatoms. The van der Waals surface area contributed by atoms with Gasteiger partial charge < -0.3 is 15.2 Å². The Morgan fingerprint density at radius 2 is 1.68 bits per heavy atom. The number of carbonyl (C=O) groups excluding carboxylic acids is 2. The molecule has 0 spiro atoms. The molecule has 2 heterocycles. The van der Waals surface area contributed by atoms with Crippen LogP contribution in [-0.2, 0) is 19.1 Å². The summed E-state index contributed by atoms with van der Waals surface area (Å²) in [5, 5.41) is 10.1. The number of nitrogens with zero attached hydrogens (tertiary/aromatic N) is 3. The smallest absolute Gasteiger partial charge is 0.355 e. The third-order valence-electron chi connectivity index (χ3n) is 5.88. The van der Waals surface area contributed by atoms with Crippen molar-refractivity contribution in [1.82, 2.24) is 4.57 Å². The minimum Gasteiger partial charge on any atom is -0.466 e. The lowest BCUT2D eigenvalue weighted by Crippen LogP contribution is -2.41. The van der Waals surface area contributed by atoms with E-state index in [4.69, 9.17) is 15.2 Å². The second kappa shape index (κ2) is 10.2. The highest BCUT2D eigenvalue weighted by Gasteiger charge is 2.43. The van der Waals surface area contributed by atoms with Gasteiger partial charge in [0.25, 0.3) is 5.56 Å². The van der Waals surface area contributed by atoms with E-state index in [1.54, 1.807) is 42.5 Å². The second-order valence-electron chi connectivity index (χ2n) is 7.88. The standard InChI is InChI=1S/C27H21FN4O5/c1-36-26(34)23-22(16-8-4-3-5-9-16)18(15-29)25(30)32(24(23)27(35)37-2)20-12-11-17(14-19(20)28)31-13-7-6-10-21(31)33/h3-14,22H,30H2,1-2H3. The molecule has 1 atom stereocenters. The molecule has 1 unspecified atom stereocenters. The maximum Gasteiger partial charge on any atom is 0.355 e. The van der Waals surface area contributed by atoms with Gasteiger partial charge in [-0.2, -0.15) is 5.26 Å². The van der Waals surface area contributed by atoms with Crippen molar-refractivity contribution in [1.29, 1.82) is 5.26 Å². The molecule has 2 N–H and O–H groups in total. The van der Waals surface area contributed by atoms with E-state index in [0.717, 1.165) is 25.2 Å². The Morgan fingerprint density at radius 3 is 2.27 bits per heavy atom. The van der Waals surface area contributed by atoms with Crippen molar-refractivity contribution in [3.8, 4) is 11.8 Å². The lowest BCUT2D eigenvalue weighted by atomic mass is 9.81. The molecule has 0 aliphatic carbocycles. The van der Waals surface area contributed by atoms with Gasteiger partial charge in [0.2, 0.25) is 0 Å². The molecule has 0 amide bonds. The van der Waals surface area contributed by atoms with Crippen LogP contribution in [0.1, 0.15) is 11.5 Å². The Balaban J connectivity index is 2.01. The van der Waals surface area contributed by atoms with Crippen molar-refractivity contribution in [2.24, 2.45) is 5.73 Å². The molecular weight excluding hydrogens is 479 g/mol. The van der Waals surface area contributed by atoms with Gasteiger partial charge in [-0.1, -0.05) is 36.4 Å². The van der Waals surface area contributed by atoms with E-state index in [1.807, 2.05) is 6.07 Å². The molecule has 1 aromatic heterocycles. The monoisotopic (exact) mass is 500 g/mol. The number of nitrogens with two attached hydrogens (primary N) is 1. The molecule has 0 fully saturated rings. The predicted molar refractivity (Wildman–Crippen MR) is 132 cm³/mol. The predicted octanol–water partition coefficient (Wildman–Crippen LogP) is 2.87. The molecule has 37 heavy (non-hydrogen) atoms. The molecule has 186 valence electrons. The number of halogens is 1. The number of aromatic nitrogens is 1. The van der Waals surface area contributed by atoms with Gasteiger partial charge in [-0.3, -0.25) is 14.3 Å². The van der Waals surface area contributed by atoms with E-state index < -0.39 is 29.4 Å². The highest BCUT2D eigenvalue weighted by atomic mass is 19.1. The number of methoxy groups -OCH3 is 2. The summed E-state index contributed by atoms with van der Waals surface area (Å²) in [5.41, 5.74) is 5.73. The van der Waals surface area contributed by atoms with Crippen LogP contribution in [0.5, 0.6) is 0 Å². The van der Waals surface area contributed by atoms with Gasteiger partial charge in [0.1, 0.15) is 17.3 Å². The van der Waals surface area contributed by atoms with E-state index in [9.17, 15) is 19.6 Å². The zero-order valence-corrected chi connectivity index (χ0v) is 19.8. The van der Waals surface area contributed by atoms with Crippen LogP contribution in [0.2, 0.25) is 0 Å². The number of hydrogen-bond acceptors (Lipinski definition) is 8. The molecule has 1 aliphatic rings. The number of anilines is 1. The summed E-state index contributed by atoms with van der Waals surface area (Å²) in [6.07, 6.45) is 1.47. The summed E-state index contributed by atoms with van der Waals surface area (Å²) in [5.74, 6) is -4.14. The Labute approximate surface area is 211 Å². The van der Waals surface area contributed by atoms with Crippen LogP contribution in [0.15, 0.2) is 100 Å². The van der Waals surface area contributed by atoms with Crippen LogP contribution in [0.4, 0.5) is 10.1 Å². The Morgan fingerprint density at radius 1 is 1.00 bits per heavy atom. The van der Waals surface area contributed by atoms with Crippen molar-refractivity contribution in [2.45, 2.75) is 5.92 Å². The molecule has 1 aliphatic heterocycles. The van der Waals surface area contributed by atoms with Crippen LogP contribution < -0.4 is 16.2 Å². The average Bonchev–Trinajstić information content (AvgIpc) is 2.92. The highest BCUT2D eigenvalue weighted by molar-refractivity contribution is 6.06. The zero-order chi connectivity index (χ0) is 26.7. The first kappa shape index (κ1) is 24.9. The van der Waals surface area contributed by atoms with Gasteiger partial charge >= 0.3 is 11.9 Å². The van der Waals surface area contributed by atoms with Crippen molar-refractivity contribution in [3.05, 3.63) is 117 Å². The number of carbonyl (C=O) groups is 2. The van der Waals surface area contributed by atoms with E-state index in [2.05, 4.69) is 0 Å². The molecule has 0 bridgehead atoms. The summed E-state index contributed by atoms with van der Waals surface area (Å²) in [4.78, 5) is 39.3. The van der Waals surface area contributed by atoms with Crippen LogP contribution in [0, 0.1) is 17.1 Å². The van der Waals surface area contributed by atoms with E-state index in [0.29, 0.717) is 5.56 Å². The summed E-state index contributed by atoms with van der Waals surface area (Å²) in [6.45, 7) is 0. The van der Waals surface area contributed by atoms with E-state index >= 15 is 4.39 Å². The molecule has 0 saturated carbocycles. The van der Waals surface area contributed by atoms with Gasteiger partial charge in [0.05, 0.1) is 48.7 Å². The average molecular weight is 500 g/mol. The number of hydrogen-bond donors (Lipinski definition) is 1. The molecule has 4 rings (SSSR count). The largest absolute Gasteiger partial charge is 0.466 e. The normalized spacial score (nSPS) is 15.3. The first-order valence-electron chi connectivity index (χ1n) is 11.0. The zero-order valence-electron chi connectivity index (χ0n) is 19.8. The lowest BCUT2D eigenvalue weighted by molar-refractivity contribution is -0.139. The minimum atomic E-state index is -1.07. The number of nitriles is 1. The van der Waals surface area contributed by atoms with Gasteiger partial charge in [0, 0.05) is 18.3 Å². The molecule has 2 aromatic carbocycles. The number of pyridine rings is 1. The molecule has 0 radical (unpaired) electrons. The fourth-order valence-corrected chi connectivity index (χ4v) is 4.23. The van der Waals surface area contributed by atoms with Gasteiger partial charge in [0.15, 0.2) is 0 Å². The van der Waals surface area contributed by atoms with Crippen molar-refractivity contribution < 1.29 is 23.5 Å². The van der Waals surface area contributed by atoms with Crippen LogP contribution in [0.3, 0.4) is 0 Å². The number of ether oxygens (including phenoxy) is 2. The molecule has 0 saturated heterocycles. The summed E-state index contributed by atoms with van der Waals surface area (Å²) in [6, 6.07) is 18.8. The topological polar surface area (TPSA) is 128 Å². The number of esters is 2. The maximum atomic E-state index is 15.6. The van der Waals surface area contributed by atoms with Crippen LogP contribution >= 0.6 is 0 Å². The fourth-order valence-electron chi connectivity index (χ4n) is 4.23. The Hall–Kier alpha value is -5.17. The molecule has 9 nitrogen and oxygen atoms in total. The molecule has 3 aromatic rings. The third kappa shape index (κ3) is 4.34. The van der Waals surface area contributed by atoms with E-state index in [1.165, 1.54) is 29.0 Å². The number of benzene rings is 2. The second-order valence-corrected chi connectivity index (χ2v) is 7.88. The summed E-state index contributed by atoms with van der Waals surface area (Å²) >= 11 is 0. The summed E-state index contributed by atoms with van der Waals surface area (Å²) in [7, 11) is 2.22. The fraction of sp³-hybridized carbons (Fsp3) is 0.111. The van der Waals surface area contributed by atoms with Crippen molar-refractivity contribution in [2.75, 3.05) is 19.1 Å². The number of rotatable bonds is 5. The van der Waals surface area contributed by atoms with Gasteiger partial charge in [-0.15, -0.1) is 0 Å². The highest BCUT2D eigenvalue weighted by Crippen LogP contribution is 2.43. The maximum absolute atomic E-state index is 15.6.